The molecule has 0 saturated heterocycles. The molecule has 0 heterocycles. The molecule has 0 atom stereocenters. The van der Waals surface area contributed by atoms with Crippen LogP contribution in [0, 0.1) is 20.2 Å². The normalized spacial score (nSPS) is 9.79. The fourth-order valence-corrected chi connectivity index (χ4v) is 1.10. The van der Waals surface area contributed by atoms with Crippen LogP contribution in [0.3, 0.4) is 0 Å². The monoisotopic (exact) mass is 217 g/mol. The van der Waals surface area contributed by atoms with Gasteiger partial charge < -0.3 is 5.73 Å². The summed E-state index contributed by atoms with van der Waals surface area (Å²) in [7, 11) is 0. The Labute approximate surface area is 82.4 Å². The summed E-state index contributed by atoms with van der Waals surface area (Å²) >= 11 is 5.47. The lowest BCUT2D eigenvalue weighted by atomic mass is 10.2. The van der Waals surface area contributed by atoms with E-state index in [2.05, 4.69) is 0 Å². The molecule has 0 aliphatic rings. The first kappa shape index (κ1) is 10.2. The number of benzene rings is 1. The number of hydrogen-bond donors (Lipinski definition) is 1. The summed E-state index contributed by atoms with van der Waals surface area (Å²) in [6.45, 7) is 0. The molecule has 7 nitrogen and oxygen atoms in total. The summed E-state index contributed by atoms with van der Waals surface area (Å²) < 4.78 is 0. The van der Waals surface area contributed by atoms with Gasteiger partial charge in [0, 0.05) is 12.1 Å². The van der Waals surface area contributed by atoms with Crippen molar-refractivity contribution in [2.75, 3.05) is 5.73 Å². The van der Waals surface area contributed by atoms with Gasteiger partial charge in [0.25, 0.3) is 11.4 Å². The molecule has 0 aromatic heterocycles. The number of anilines is 1. The van der Waals surface area contributed by atoms with Crippen LogP contribution in [0.5, 0.6) is 0 Å². The van der Waals surface area contributed by atoms with E-state index in [4.69, 9.17) is 17.3 Å². The fraction of sp³-hybridized carbons (Fsp3) is 0. The summed E-state index contributed by atoms with van der Waals surface area (Å²) in [6, 6.07) is 1.89. The van der Waals surface area contributed by atoms with Crippen molar-refractivity contribution in [3.8, 4) is 0 Å². The summed E-state index contributed by atoms with van der Waals surface area (Å²) in [4.78, 5) is 19.2. The van der Waals surface area contributed by atoms with Gasteiger partial charge >= 0.3 is 0 Å². The van der Waals surface area contributed by atoms with Gasteiger partial charge in [0.05, 0.1) is 9.85 Å². The zero-order valence-electron chi connectivity index (χ0n) is 6.64. The standard InChI is InChI=1S/C6H4ClN3O4/c7-5-3(9(11)12)1-2-4(6(5)8)10(13)14/h1-2H,8H2. The zero-order valence-corrected chi connectivity index (χ0v) is 7.39. The fourth-order valence-electron chi connectivity index (χ4n) is 0.871. The van der Waals surface area contributed by atoms with Crippen molar-refractivity contribution in [3.63, 3.8) is 0 Å². The third kappa shape index (κ3) is 1.57. The second-order valence-corrected chi connectivity index (χ2v) is 2.72. The van der Waals surface area contributed by atoms with E-state index in [1.165, 1.54) is 0 Å². The van der Waals surface area contributed by atoms with Crippen molar-refractivity contribution < 1.29 is 9.85 Å². The third-order valence-corrected chi connectivity index (χ3v) is 1.93. The van der Waals surface area contributed by atoms with Crippen molar-refractivity contribution in [1.82, 2.24) is 0 Å². The maximum atomic E-state index is 10.4. The lowest BCUT2D eigenvalue weighted by molar-refractivity contribution is -0.388. The minimum Gasteiger partial charge on any atom is -0.392 e. The second-order valence-electron chi connectivity index (χ2n) is 2.35. The number of rotatable bonds is 2. The van der Waals surface area contributed by atoms with Gasteiger partial charge in [0.1, 0.15) is 10.7 Å². The lowest BCUT2D eigenvalue weighted by Gasteiger charge is -1.99. The largest absolute Gasteiger partial charge is 0.392 e. The van der Waals surface area contributed by atoms with Crippen LogP contribution >= 0.6 is 11.6 Å². The van der Waals surface area contributed by atoms with Gasteiger partial charge in [-0.25, -0.2) is 0 Å². The predicted octanol–water partition coefficient (Wildman–Crippen LogP) is 1.74. The van der Waals surface area contributed by atoms with Gasteiger partial charge in [-0.1, -0.05) is 11.6 Å². The van der Waals surface area contributed by atoms with Crippen LogP contribution in [-0.2, 0) is 0 Å². The molecule has 0 bridgehead atoms. The Hall–Kier alpha value is -1.89. The third-order valence-electron chi connectivity index (χ3n) is 1.53. The number of nitrogens with two attached hydrogens (primary N) is 1. The molecule has 0 fully saturated rings. The molecule has 0 spiro atoms. The maximum Gasteiger partial charge on any atom is 0.294 e. The molecular formula is C6H4ClN3O4. The van der Waals surface area contributed by atoms with Crippen molar-refractivity contribution in [3.05, 3.63) is 37.4 Å². The van der Waals surface area contributed by atoms with Gasteiger partial charge in [0.2, 0.25) is 0 Å². The summed E-state index contributed by atoms with van der Waals surface area (Å²) in [5.74, 6) is 0. The van der Waals surface area contributed by atoms with Gasteiger partial charge in [-0.3, -0.25) is 20.2 Å². The Morgan fingerprint density at radius 1 is 1.14 bits per heavy atom. The van der Waals surface area contributed by atoms with E-state index in [9.17, 15) is 20.2 Å². The van der Waals surface area contributed by atoms with Gasteiger partial charge in [0.15, 0.2) is 0 Å². The minimum atomic E-state index is -0.761. The Bertz CT molecular complexity index is 381. The van der Waals surface area contributed by atoms with Crippen LogP contribution in [0.2, 0.25) is 5.02 Å². The molecule has 2 N–H and O–H groups in total. The van der Waals surface area contributed by atoms with Crippen LogP contribution in [-0.4, -0.2) is 9.85 Å². The molecule has 8 heteroatoms. The molecule has 0 unspecified atom stereocenters. The maximum absolute atomic E-state index is 10.4. The van der Waals surface area contributed by atoms with Crippen molar-refractivity contribution in [2.24, 2.45) is 0 Å². The first-order valence-electron chi connectivity index (χ1n) is 3.32. The summed E-state index contributed by atoms with van der Waals surface area (Å²) in [5, 5.41) is 20.3. The van der Waals surface area contributed by atoms with Crippen LogP contribution < -0.4 is 5.73 Å². The van der Waals surface area contributed by atoms with Gasteiger partial charge in [-0.05, 0) is 0 Å². The average molecular weight is 218 g/mol. The number of halogens is 1. The molecule has 0 aliphatic heterocycles. The molecule has 0 radical (unpaired) electrons. The number of nitro benzene ring substituents is 2. The SMILES string of the molecule is Nc1c([N+](=O)[O-])ccc([N+](=O)[O-])c1Cl. The highest BCUT2D eigenvalue weighted by molar-refractivity contribution is 6.35. The van der Waals surface area contributed by atoms with Crippen LogP contribution in [0.25, 0.3) is 0 Å². The molecule has 0 amide bonds. The second kappa shape index (κ2) is 3.46. The Morgan fingerprint density at radius 3 is 2.00 bits per heavy atom. The number of nitrogens with zero attached hydrogens (tertiary/aromatic N) is 2. The molecule has 0 aliphatic carbocycles. The summed E-state index contributed by atoms with van der Waals surface area (Å²) in [6.07, 6.45) is 0. The van der Waals surface area contributed by atoms with E-state index < -0.39 is 31.9 Å². The highest BCUT2D eigenvalue weighted by Crippen LogP contribution is 2.36. The molecule has 1 aromatic carbocycles. The molecule has 74 valence electrons. The number of nitrogen functional groups attached to an aromatic ring is 1. The number of hydrogen-bond acceptors (Lipinski definition) is 5. The Morgan fingerprint density at radius 2 is 1.57 bits per heavy atom. The first-order chi connectivity index (χ1) is 6.45. The smallest absolute Gasteiger partial charge is 0.294 e. The van der Waals surface area contributed by atoms with Crippen LogP contribution in [0.1, 0.15) is 0 Å². The van der Waals surface area contributed by atoms with Gasteiger partial charge in [-0.2, -0.15) is 0 Å². The topological polar surface area (TPSA) is 112 Å². The molecule has 1 rings (SSSR count). The molecule has 1 aromatic rings. The highest BCUT2D eigenvalue weighted by atomic mass is 35.5. The zero-order chi connectivity index (χ0) is 10.9. The average Bonchev–Trinajstić information content (AvgIpc) is 2.08. The highest BCUT2D eigenvalue weighted by Gasteiger charge is 2.22. The predicted molar refractivity (Wildman–Crippen MR) is 49.2 cm³/mol. The summed E-state index contributed by atoms with van der Waals surface area (Å²) in [5.41, 5.74) is 3.95. The van der Waals surface area contributed by atoms with E-state index in [0.717, 1.165) is 12.1 Å². The van der Waals surface area contributed by atoms with Crippen molar-refractivity contribution in [2.45, 2.75) is 0 Å². The van der Waals surface area contributed by atoms with E-state index in [1.807, 2.05) is 0 Å². The van der Waals surface area contributed by atoms with E-state index in [1.54, 1.807) is 0 Å². The van der Waals surface area contributed by atoms with E-state index >= 15 is 0 Å². The first-order valence-corrected chi connectivity index (χ1v) is 3.69. The molecule has 0 saturated carbocycles. The van der Waals surface area contributed by atoms with Crippen molar-refractivity contribution >= 4 is 28.7 Å². The Balaban J connectivity index is 3.41. The van der Waals surface area contributed by atoms with Crippen LogP contribution in [0.15, 0.2) is 12.1 Å². The molecule has 14 heavy (non-hydrogen) atoms. The van der Waals surface area contributed by atoms with E-state index in [0.29, 0.717) is 0 Å². The number of nitro groups is 2. The Kier molecular flexibility index (Phi) is 2.52. The quantitative estimate of drug-likeness (QED) is 0.460. The van der Waals surface area contributed by atoms with Gasteiger partial charge in [-0.15, -0.1) is 0 Å². The van der Waals surface area contributed by atoms with Crippen molar-refractivity contribution in [1.29, 1.82) is 0 Å². The lowest BCUT2D eigenvalue weighted by Crippen LogP contribution is -1.99. The molecular weight excluding hydrogens is 214 g/mol. The van der Waals surface area contributed by atoms with E-state index in [-0.39, 0.29) is 0 Å². The minimum absolute atomic E-state index is 0.397. The van der Waals surface area contributed by atoms with Crippen LogP contribution in [0.4, 0.5) is 17.1 Å².